The zero-order chi connectivity index (χ0) is 22.7. The van der Waals surface area contributed by atoms with Gasteiger partial charge in [0.1, 0.15) is 0 Å². The number of benzene rings is 3. The number of nitrogens with one attached hydrogen (secondary N) is 2. The number of sulfonamides is 1. The second kappa shape index (κ2) is 8.89. The van der Waals surface area contributed by atoms with Gasteiger partial charge in [0.25, 0.3) is 10.0 Å². The molecule has 0 aliphatic carbocycles. The maximum atomic E-state index is 13.0. The molecule has 0 saturated heterocycles. The second-order valence-electron chi connectivity index (χ2n) is 6.66. The fourth-order valence-corrected chi connectivity index (χ4v) is 4.14. The molecule has 4 rings (SSSR count). The summed E-state index contributed by atoms with van der Waals surface area (Å²) < 4.78 is 39.0. The Kier molecular flexibility index (Phi) is 6.02. The maximum absolute atomic E-state index is 13.0. The molecular formula is C22H19ClN4O4S. The van der Waals surface area contributed by atoms with Crippen LogP contribution in [0, 0.1) is 0 Å². The molecule has 0 spiro atoms. The Morgan fingerprint density at radius 1 is 0.812 bits per heavy atom. The maximum Gasteiger partial charge on any atom is 0.263 e. The molecule has 2 N–H and O–H groups in total. The lowest BCUT2D eigenvalue weighted by atomic mass is 10.2. The summed E-state index contributed by atoms with van der Waals surface area (Å²) in [6.07, 6.45) is 0. The molecule has 32 heavy (non-hydrogen) atoms. The SMILES string of the molecule is COc1ccc(Nc2nc3ccccc3nc2NS(=O)(=O)c2ccc(Cl)cc2)cc1OC. The van der Waals surface area contributed by atoms with E-state index in [0.717, 1.165) is 0 Å². The Morgan fingerprint density at radius 2 is 1.44 bits per heavy atom. The first kappa shape index (κ1) is 21.7. The Hall–Kier alpha value is -3.56. The van der Waals surface area contributed by atoms with Gasteiger partial charge < -0.3 is 14.8 Å². The van der Waals surface area contributed by atoms with Crippen LogP contribution in [0.2, 0.25) is 5.02 Å². The predicted octanol–water partition coefficient (Wildman–Crippen LogP) is 4.84. The van der Waals surface area contributed by atoms with Gasteiger partial charge in [-0.1, -0.05) is 23.7 Å². The number of fused-ring (bicyclic) bond motifs is 1. The van der Waals surface area contributed by atoms with Crippen molar-refractivity contribution in [2.75, 3.05) is 24.3 Å². The number of para-hydroxylation sites is 2. The second-order valence-corrected chi connectivity index (χ2v) is 8.78. The van der Waals surface area contributed by atoms with Gasteiger partial charge >= 0.3 is 0 Å². The molecule has 0 aliphatic heterocycles. The molecule has 8 nitrogen and oxygen atoms in total. The molecule has 10 heteroatoms. The fraction of sp³-hybridized carbons (Fsp3) is 0.0909. The van der Waals surface area contributed by atoms with Crippen LogP contribution in [0.4, 0.5) is 17.3 Å². The van der Waals surface area contributed by atoms with Crippen molar-refractivity contribution in [2.45, 2.75) is 4.90 Å². The highest BCUT2D eigenvalue weighted by molar-refractivity contribution is 7.92. The van der Waals surface area contributed by atoms with Crippen molar-refractivity contribution in [3.63, 3.8) is 0 Å². The van der Waals surface area contributed by atoms with E-state index in [2.05, 4.69) is 20.0 Å². The van der Waals surface area contributed by atoms with Crippen LogP contribution in [0.15, 0.2) is 71.6 Å². The zero-order valence-corrected chi connectivity index (χ0v) is 18.7. The molecule has 0 saturated carbocycles. The number of hydrogen-bond acceptors (Lipinski definition) is 7. The van der Waals surface area contributed by atoms with Gasteiger partial charge in [-0.15, -0.1) is 0 Å². The van der Waals surface area contributed by atoms with Gasteiger partial charge in [-0.3, -0.25) is 4.72 Å². The summed E-state index contributed by atoms with van der Waals surface area (Å²) in [5.74, 6) is 1.35. The minimum atomic E-state index is -3.93. The lowest BCUT2D eigenvalue weighted by Crippen LogP contribution is -2.16. The summed E-state index contributed by atoms with van der Waals surface area (Å²) >= 11 is 5.88. The smallest absolute Gasteiger partial charge is 0.263 e. The largest absolute Gasteiger partial charge is 0.493 e. The van der Waals surface area contributed by atoms with Gasteiger partial charge in [0.15, 0.2) is 23.1 Å². The van der Waals surface area contributed by atoms with Crippen LogP contribution in [0.3, 0.4) is 0 Å². The van der Waals surface area contributed by atoms with Crippen LogP contribution in [0.1, 0.15) is 0 Å². The first-order valence-electron chi connectivity index (χ1n) is 9.44. The van der Waals surface area contributed by atoms with Crippen molar-refractivity contribution in [3.05, 3.63) is 71.8 Å². The van der Waals surface area contributed by atoms with Crippen molar-refractivity contribution in [1.82, 2.24) is 9.97 Å². The van der Waals surface area contributed by atoms with Crippen LogP contribution in [0.25, 0.3) is 11.0 Å². The minimum absolute atomic E-state index is 0.0495. The van der Waals surface area contributed by atoms with E-state index in [1.807, 2.05) is 6.07 Å². The summed E-state index contributed by atoms with van der Waals surface area (Å²) in [6.45, 7) is 0. The molecule has 164 valence electrons. The molecule has 1 aromatic heterocycles. The van der Waals surface area contributed by atoms with E-state index in [4.69, 9.17) is 21.1 Å². The predicted molar refractivity (Wildman–Crippen MR) is 125 cm³/mol. The number of rotatable bonds is 7. The first-order valence-corrected chi connectivity index (χ1v) is 11.3. The molecule has 0 atom stereocenters. The lowest BCUT2D eigenvalue weighted by Gasteiger charge is -2.15. The topological polar surface area (TPSA) is 102 Å². The lowest BCUT2D eigenvalue weighted by molar-refractivity contribution is 0.355. The standard InChI is InChI=1S/C22H19ClN4O4S/c1-30-19-12-9-15(13-20(19)31-2)24-21-22(26-18-6-4-3-5-17(18)25-21)27-32(28,29)16-10-7-14(23)8-11-16/h3-13H,1-2H3,(H,24,25)(H,26,27). The fourth-order valence-electron chi connectivity index (χ4n) is 3.01. The van der Waals surface area contributed by atoms with Gasteiger partial charge in [-0.2, -0.15) is 0 Å². The van der Waals surface area contributed by atoms with E-state index >= 15 is 0 Å². The normalized spacial score (nSPS) is 11.2. The van der Waals surface area contributed by atoms with Crippen LogP contribution >= 0.6 is 11.6 Å². The number of hydrogen-bond donors (Lipinski definition) is 2. The Bertz CT molecular complexity index is 1380. The van der Waals surface area contributed by atoms with E-state index in [9.17, 15) is 8.42 Å². The van der Waals surface area contributed by atoms with E-state index in [0.29, 0.717) is 33.2 Å². The van der Waals surface area contributed by atoms with Gasteiger partial charge in [-0.05, 0) is 48.5 Å². The highest BCUT2D eigenvalue weighted by atomic mass is 35.5. The number of ether oxygens (including phenoxy) is 2. The highest BCUT2D eigenvalue weighted by Gasteiger charge is 2.19. The molecule has 4 aromatic rings. The molecule has 0 bridgehead atoms. The van der Waals surface area contributed by atoms with Crippen molar-refractivity contribution in [3.8, 4) is 11.5 Å². The Morgan fingerprint density at radius 3 is 2.06 bits per heavy atom. The van der Waals surface area contributed by atoms with E-state index < -0.39 is 10.0 Å². The summed E-state index contributed by atoms with van der Waals surface area (Å²) in [6, 6.07) is 18.2. The van der Waals surface area contributed by atoms with Crippen molar-refractivity contribution in [1.29, 1.82) is 0 Å². The van der Waals surface area contributed by atoms with Gasteiger partial charge in [0.2, 0.25) is 0 Å². The third-order valence-corrected chi connectivity index (χ3v) is 6.18. The van der Waals surface area contributed by atoms with E-state index in [-0.39, 0.29) is 16.5 Å². The van der Waals surface area contributed by atoms with Crippen molar-refractivity contribution < 1.29 is 17.9 Å². The van der Waals surface area contributed by atoms with E-state index in [1.54, 1.807) is 43.5 Å². The molecule has 0 unspecified atom stereocenters. The van der Waals surface area contributed by atoms with Gasteiger partial charge in [0.05, 0.1) is 30.1 Å². The Balaban J connectivity index is 1.76. The third kappa shape index (κ3) is 4.53. The Labute approximate surface area is 190 Å². The van der Waals surface area contributed by atoms with Crippen molar-refractivity contribution >= 4 is 50.0 Å². The monoisotopic (exact) mass is 470 g/mol. The number of nitrogens with zero attached hydrogens (tertiary/aromatic N) is 2. The number of anilines is 3. The number of methoxy groups -OCH3 is 2. The zero-order valence-electron chi connectivity index (χ0n) is 17.2. The highest BCUT2D eigenvalue weighted by Crippen LogP contribution is 2.33. The molecule has 0 radical (unpaired) electrons. The first-order chi connectivity index (χ1) is 15.4. The average Bonchev–Trinajstić information content (AvgIpc) is 2.79. The molecule has 0 fully saturated rings. The minimum Gasteiger partial charge on any atom is -0.493 e. The molecule has 0 aliphatic rings. The van der Waals surface area contributed by atoms with Crippen LogP contribution in [-0.4, -0.2) is 32.6 Å². The van der Waals surface area contributed by atoms with Crippen LogP contribution < -0.4 is 19.5 Å². The summed E-state index contributed by atoms with van der Waals surface area (Å²) in [4.78, 5) is 9.10. The third-order valence-electron chi connectivity index (χ3n) is 4.57. The molecule has 0 amide bonds. The van der Waals surface area contributed by atoms with E-state index in [1.165, 1.54) is 31.4 Å². The summed E-state index contributed by atoms with van der Waals surface area (Å²) in [7, 11) is -0.857. The molecular weight excluding hydrogens is 452 g/mol. The summed E-state index contributed by atoms with van der Waals surface area (Å²) in [5, 5.41) is 3.55. The van der Waals surface area contributed by atoms with Gasteiger partial charge in [-0.25, -0.2) is 18.4 Å². The summed E-state index contributed by atoms with van der Waals surface area (Å²) in [5.41, 5.74) is 1.75. The van der Waals surface area contributed by atoms with Crippen LogP contribution in [0.5, 0.6) is 11.5 Å². The average molecular weight is 471 g/mol. The quantitative estimate of drug-likeness (QED) is 0.398. The molecule has 1 heterocycles. The number of halogens is 1. The molecule has 3 aromatic carbocycles. The van der Waals surface area contributed by atoms with Crippen molar-refractivity contribution in [2.24, 2.45) is 0 Å². The van der Waals surface area contributed by atoms with Crippen LogP contribution in [-0.2, 0) is 10.0 Å². The number of aromatic nitrogens is 2. The van der Waals surface area contributed by atoms with Gasteiger partial charge in [0, 0.05) is 16.8 Å².